The number of carbonyl (C=O) groups excluding carboxylic acids is 2. The molecule has 4 nitrogen and oxygen atoms in total. The van der Waals surface area contributed by atoms with Crippen LogP contribution >= 0.6 is 23.4 Å². The normalized spacial score (nSPS) is 28.1. The molecule has 106 valence electrons. The standard InChI is InChI=1S/C13H12ClFN2O2S/c14-8-2-1-6(3-9(8)15)7-4-10(7)16-12(18)11-5-20-13(19)17-11/h1-3,7,10-11H,4-5H2,(H,16,18)(H,17,19)/t7-,10+,11+/m0/s1. The first-order valence-corrected chi connectivity index (χ1v) is 7.59. The molecule has 2 aliphatic rings. The molecule has 1 heterocycles. The van der Waals surface area contributed by atoms with Crippen molar-refractivity contribution in [3.63, 3.8) is 0 Å². The Balaban J connectivity index is 1.57. The summed E-state index contributed by atoms with van der Waals surface area (Å²) in [4.78, 5) is 22.9. The van der Waals surface area contributed by atoms with Gasteiger partial charge in [-0.25, -0.2) is 4.39 Å². The van der Waals surface area contributed by atoms with Crippen molar-refractivity contribution in [2.75, 3.05) is 5.75 Å². The lowest BCUT2D eigenvalue weighted by Gasteiger charge is -2.10. The molecular formula is C13H12ClFN2O2S. The van der Waals surface area contributed by atoms with Crippen LogP contribution in [-0.2, 0) is 4.79 Å². The Kier molecular flexibility index (Phi) is 3.60. The average molecular weight is 315 g/mol. The minimum Gasteiger partial charge on any atom is -0.351 e. The summed E-state index contributed by atoms with van der Waals surface area (Å²) in [5, 5.41) is 5.40. The molecule has 0 bridgehead atoms. The Morgan fingerprint density at radius 3 is 2.95 bits per heavy atom. The van der Waals surface area contributed by atoms with Crippen molar-refractivity contribution in [2.24, 2.45) is 0 Å². The first-order chi connectivity index (χ1) is 9.54. The molecule has 1 aromatic carbocycles. The van der Waals surface area contributed by atoms with Crippen LogP contribution in [0.1, 0.15) is 17.9 Å². The van der Waals surface area contributed by atoms with Crippen molar-refractivity contribution in [3.8, 4) is 0 Å². The van der Waals surface area contributed by atoms with Crippen LogP contribution in [0.4, 0.5) is 9.18 Å². The molecule has 0 unspecified atom stereocenters. The first-order valence-electron chi connectivity index (χ1n) is 6.23. The smallest absolute Gasteiger partial charge is 0.279 e. The van der Waals surface area contributed by atoms with Gasteiger partial charge in [0.2, 0.25) is 5.91 Å². The van der Waals surface area contributed by atoms with Crippen LogP contribution in [0.2, 0.25) is 5.02 Å². The second-order valence-electron chi connectivity index (χ2n) is 4.93. The molecule has 3 atom stereocenters. The molecule has 7 heteroatoms. The van der Waals surface area contributed by atoms with Gasteiger partial charge in [-0.2, -0.15) is 0 Å². The summed E-state index contributed by atoms with van der Waals surface area (Å²) in [6, 6.07) is 4.25. The van der Waals surface area contributed by atoms with E-state index in [9.17, 15) is 14.0 Å². The second kappa shape index (κ2) is 5.26. The van der Waals surface area contributed by atoms with Crippen molar-refractivity contribution < 1.29 is 14.0 Å². The molecule has 1 aliphatic carbocycles. The lowest BCUT2D eigenvalue weighted by Crippen LogP contribution is -2.43. The Morgan fingerprint density at radius 1 is 1.50 bits per heavy atom. The van der Waals surface area contributed by atoms with Crippen LogP contribution in [0.5, 0.6) is 0 Å². The van der Waals surface area contributed by atoms with Crippen molar-refractivity contribution in [2.45, 2.75) is 24.4 Å². The van der Waals surface area contributed by atoms with E-state index < -0.39 is 11.9 Å². The van der Waals surface area contributed by atoms with E-state index in [1.54, 1.807) is 6.07 Å². The highest BCUT2D eigenvalue weighted by molar-refractivity contribution is 8.14. The second-order valence-corrected chi connectivity index (χ2v) is 6.33. The Morgan fingerprint density at radius 2 is 2.30 bits per heavy atom. The van der Waals surface area contributed by atoms with Gasteiger partial charge in [0.15, 0.2) is 0 Å². The van der Waals surface area contributed by atoms with Gasteiger partial charge in [-0.15, -0.1) is 0 Å². The number of halogens is 2. The summed E-state index contributed by atoms with van der Waals surface area (Å²) in [6.45, 7) is 0. The SMILES string of the molecule is O=C1N[C@@H](C(=O)N[C@@H]2C[C@H]2c2ccc(Cl)c(F)c2)CS1. The summed E-state index contributed by atoms with van der Waals surface area (Å²) in [6.07, 6.45) is 0.778. The first kappa shape index (κ1) is 13.7. The van der Waals surface area contributed by atoms with Gasteiger partial charge in [0, 0.05) is 17.7 Å². The molecule has 3 rings (SSSR count). The van der Waals surface area contributed by atoms with E-state index in [0.717, 1.165) is 23.7 Å². The average Bonchev–Trinajstić information content (AvgIpc) is 3.03. The molecular weight excluding hydrogens is 303 g/mol. The number of thioether (sulfide) groups is 1. The zero-order valence-corrected chi connectivity index (χ0v) is 11.9. The van der Waals surface area contributed by atoms with Gasteiger partial charge in [0.25, 0.3) is 5.24 Å². The zero-order chi connectivity index (χ0) is 14.3. The van der Waals surface area contributed by atoms with Crippen molar-refractivity contribution in [3.05, 3.63) is 34.6 Å². The molecule has 0 spiro atoms. The number of carbonyl (C=O) groups is 2. The fraction of sp³-hybridized carbons (Fsp3) is 0.385. The van der Waals surface area contributed by atoms with E-state index in [0.29, 0.717) is 5.75 Å². The minimum absolute atomic E-state index is 0.00516. The molecule has 0 aromatic heterocycles. The minimum atomic E-state index is -0.462. The van der Waals surface area contributed by atoms with Gasteiger partial charge in [0.1, 0.15) is 11.9 Å². The van der Waals surface area contributed by atoms with Gasteiger partial charge in [0.05, 0.1) is 5.02 Å². The molecule has 1 saturated heterocycles. The lowest BCUT2D eigenvalue weighted by atomic mass is 10.1. The fourth-order valence-electron chi connectivity index (χ4n) is 2.28. The molecule has 2 N–H and O–H groups in total. The number of nitrogens with one attached hydrogen (secondary N) is 2. The maximum absolute atomic E-state index is 13.4. The van der Waals surface area contributed by atoms with Gasteiger partial charge in [-0.05, 0) is 24.1 Å². The van der Waals surface area contributed by atoms with Crippen LogP contribution < -0.4 is 10.6 Å². The Bertz CT molecular complexity index is 583. The van der Waals surface area contributed by atoms with Crippen molar-refractivity contribution >= 4 is 34.5 Å². The van der Waals surface area contributed by atoms with Gasteiger partial charge >= 0.3 is 0 Å². The van der Waals surface area contributed by atoms with Crippen LogP contribution in [0.25, 0.3) is 0 Å². The highest BCUT2D eigenvalue weighted by Gasteiger charge is 2.41. The van der Waals surface area contributed by atoms with Crippen LogP contribution in [0.3, 0.4) is 0 Å². The third-order valence-corrected chi connectivity index (χ3v) is 4.67. The van der Waals surface area contributed by atoms with E-state index in [4.69, 9.17) is 11.6 Å². The van der Waals surface area contributed by atoms with E-state index in [2.05, 4.69) is 10.6 Å². The quantitative estimate of drug-likeness (QED) is 0.900. The number of hydrogen-bond acceptors (Lipinski definition) is 3. The van der Waals surface area contributed by atoms with Crippen molar-refractivity contribution in [1.29, 1.82) is 0 Å². The van der Waals surface area contributed by atoms with Gasteiger partial charge in [-0.1, -0.05) is 29.4 Å². The molecule has 1 saturated carbocycles. The molecule has 0 radical (unpaired) electrons. The van der Waals surface area contributed by atoms with Crippen LogP contribution in [0.15, 0.2) is 18.2 Å². The number of hydrogen-bond donors (Lipinski definition) is 2. The summed E-state index contributed by atoms with van der Waals surface area (Å²) in [7, 11) is 0. The summed E-state index contributed by atoms with van der Waals surface area (Å²) >= 11 is 6.75. The maximum atomic E-state index is 13.4. The molecule has 1 aliphatic heterocycles. The summed E-state index contributed by atoms with van der Waals surface area (Å²) in [5.74, 6) is -0.0428. The molecule has 2 amide bonds. The monoisotopic (exact) mass is 314 g/mol. The fourth-order valence-corrected chi connectivity index (χ4v) is 3.17. The van der Waals surface area contributed by atoms with E-state index in [-0.39, 0.29) is 28.1 Å². The van der Waals surface area contributed by atoms with E-state index >= 15 is 0 Å². The molecule has 1 aromatic rings. The van der Waals surface area contributed by atoms with Gasteiger partial charge in [-0.3, -0.25) is 9.59 Å². The Labute approximate surface area is 124 Å². The zero-order valence-electron chi connectivity index (χ0n) is 10.4. The van der Waals surface area contributed by atoms with Crippen LogP contribution in [0, 0.1) is 5.82 Å². The highest BCUT2D eigenvalue weighted by Crippen LogP contribution is 2.41. The number of benzene rings is 1. The maximum Gasteiger partial charge on any atom is 0.279 e. The largest absolute Gasteiger partial charge is 0.351 e. The Hall–Kier alpha value is -1.27. The molecule has 2 fully saturated rings. The van der Waals surface area contributed by atoms with E-state index in [1.165, 1.54) is 12.1 Å². The third-order valence-electron chi connectivity index (χ3n) is 3.48. The highest BCUT2D eigenvalue weighted by atomic mass is 35.5. The summed E-state index contributed by atoms with van der Waals surface area (Å²) < 4.78 is 13.4. The van der Waals surface area contributed by atoms with Crippen molar-refractivity contribution in [1.82, 2.24) is 10.6 Å². The third kappa shape index (κ3) is 2.76. The lowest BCUT2D eigenvalue weighted by molar-refractivity contribution is -0.122. The predicted octanol–water partition coefficient (Wildman–Crippen LogP) is 2.28. The van der Waals surface area contributed by atoms with E-state index in [1.807, 2.05) is 0 Å². The van der Waals surface area contributed by atoms with Gasteiger partial charge < -0.3 is 10.6 Å². The number of rotatable bonds is 3. The molecule has 20 heavy (non-hydrogen) atoms. The topological polar surface area (TPSA) is 58.2 Å². The van der Waals surface area contributed by atoms with Crippen LogP contribution in [-0.4, -0.2) is 29.0 Å². The summed E-state index contributed by atoms with van der Waals surface area (Å²) in [5.41, 5.74) is 0.835. The predicted molar refractivity (Wildman–Crippen MR) is 75.5 cm³/mol. The number of amides is 2.